The number of hydrogen-bond acceptors (Lipinski definition) is 13. The number of rotatable bonds is 24. The maximum atomic E-state index is 14.8. The molecule has 0 fully saturated rings. The molecule has 384 valence electrons. The number of carbonyl (C=O) groups excluding carboxylic acids is 3. The molecule has 0 aliphatic carbocycles. The summed E-state index contributed by atoms with van der Waals surface area (Å²) in [5.74, 6) is 2.82. The first kappa shape index (κ1) is 59.3. The minimum absolute atomic E-state index is 0.0444. The monoisotopic (exact) mass is 1030 g/mol. The zero-order chi connectivity index (χ0) is 52.4. The van der Waals surface area contributed by atoms with E-state index in [1.54, 1.807) is 47.0 Å². The molecule has 13 heteroatoms. The molecule has 9 nitrogen and oxygen atoms in total. The van der Waals surface area contributed by atoms with Crippen LogP contribution in [0.15, 0.2) is 68.1 Å². The minimum Gasteiger partial charge on any atom is -0.398 e. The number of hydrogen-bond donors (Lipinski definition) is 6. The van der Waals surface area contributed by atoms with Crippen LogP contribution in [0.3, 0.4) is 0 Å². The SMILES string of the molecule is CC(C)(C)c1cc(N)c(SCCN)c(CC(=O)Cc2cc(C(C)(C)C)cc(CC(=O)Cc3cc(C(C)(C)C)cc(CC(=O)Cc4cc(C(C)(C)C)cc(N)c4SCCN)c3SCCN)c2SCCN)c1. The van der Waals surface area contributed by atoms with Crippen LogP contribution in [0, 0.1) is 0 Å². The van der Waals surface area contributed by atoms with E-state index < -0.39 is 0 Å². The van der Waals surface area contributed by atoms with Crippen molar-refractivity contribution in [1.29, 1.82) is 0 Å². The van der Waals surface area contributed by atoms with E-state index >= 15 is 0 Å². The van der Waals surface area contributed by atoms with Gasteiger partial charge in [0.15, 0.2) is 0 Å². The van der Waals surface area contributed by atoms with Crippen LogP contribution in [-0.2, 0) is 74.6 Å². The van der Waals surface area contributed by atoms with Crippen molar-refractivity contribution < 1.29 is 14.4 Å². The Labute approximate surface area is 438 Å². The van der Waals surface area contributed by atoms with Crippen LogP contribution in [0.1, 0.15) is 139 Å². The average molecular weight is 1030 g/mol. The van der Waals surface area contributed by atoms with E-state index in [0.717, 1.165) is 75.2 Å². The number of anilines is 2. The Bertz CT molecular complexity index is 2310. The highest BCUT2D eigenvalue weighted by atomic mass is 32.2. The van der Waals surface area contributed by atoms with Crippen molar-refractivity contribution in [1.82, 2.24) is 0 Å². The Balaban J connectivity index is 1.78. The number of nitrogens with two attached hydrogens (primary N) is 6. The van der Waals surface area contributed by atoms with Crippen molar-refractivity contribution >= 4 is 75.8 Å². The van der Waals surface area contributed by atoms with Gasteiger partial charge in [-0.25, -0.2) is 0 Å². The van der Waals surface area contributed by atoms with Crippen molar-refractivity contribution in [2.24, 2.45) is 22.9 Å². The summed E-state index contributed by atoms with van der Waals surface area (Å²) in [5.41, 5.74) is 47.7. The van der Waals surface area contributed by atoms with E-state index in [1.165, 1.54) is 0 Å². The fourth-order valence-electron chi connectivity index (χ4n) is 8.28. The molecule has 0 radical (unpaired) electrons. The molecule has 4 aromatic carbocycles. The van der Waals surface area contributed by atoms with Gasteiger partial charge in [-0.05, 0) is 89.4 Å². The second-order valence-corrected chi connectivity index (χ2v) is 27.0. The summed E-state index contributed by atoms with van der Waals surface area (Å²) in [6.45, 7) is 27.7. The van der Waals surface area contributed by atoms with Crippen molar-refractivity contribution in [2.75, 3.05) is 60.7 Å². The molecular weight excluding hydrogens is 945 g/mol. The molecule has 0 unspecified atom stereocenters. The second-order valence-electron chi connectivity index (χ2n) is 22.6. The van der Waals surface area contributed by atoms with E-state index in [1.807, 2.05) is 12.1 Å². The molecule has 0 aromatic heterocycles. The molecule has 4 rings (SSSR count). The molecule has 0 saturated heterocycles. The molecule has 0 aliphatic rings. The zero-order valence-electron chi connectivity index (χ0n) is 44.3. The van der Waals surface area contributed by atoms with Crippen LogP contribution >= 0.6 is 47.0 Å². The Hall–Kier alpha value is -3.27. The molecule has 0 atom stereocenters. The summed E-state index contributed by atoms with van der Waals surface area (Å²) >= 11 is 6.41. The van der Waals surface area contributed by atoms with Crippen molar-refractivity contribution in [3.63, 3.8) is 0 Å². The first-order valence-corrected chi connectivity index (χ1v) is 28.6. The Morgan fingerprint density at radius 2 is 0.529 bits per heavy atom. The Kier molecular flexibility index (Phi) is 21.7. The quantitative estimate of drug-likeness (QED) is 0.0286. The van der Waals surface area contributed by atoms with Gasteiger partial charge in [-0.2, -0.15) is 0 Å². The first-order valence-electron chi connectivity index (χ1n) is 24.7. The third kappa shape index (κ3) is 16.9. The summed E-state index contributed by atoms with van der Waals surface area (Å²) in [5, 5.41) is 0. The number of ketones is 3. The Morgan fingerprint density at radius 3 is 0.729 bits per heavy atom. The van der Waals surface area contributed by atoms with E-state index in [-0.39, 0.29) is 77.5 Å². The summed E-state index contributed by atoms with van der Waals surface area (Å²) in [7, 11) is 0. The lowest BCUT2D eigenvalue weighted by atomic mass is 9.82. The van der Waals surface area contributed by atoms with Crippen LogP contribution in [0.4, 0.5) is 11.4 Å². The van der Waals surface area contributed by atoms with Gasteiger partial charge in [0.1, 0.15) is 17.3 Å². The van der Waals surface area contributed by atoms with Gasteiger partial charge < -0.3 is 34.4 Å². The molecule has 0 bridgehead atoms. The largest absolute Gasteiger partial charge is 0.398 e. The van der Waals surface area contributed by atoms with Crippen LogP contribution in [0.2, 0.25) is 0 Å². The summed E-state index contributed by atoms with van der Waals surface area (Å²) in [6, 6.07) is 16.9. The summed E-state index contributed by atoms with van der Waals surface area (Å²) in [6.07, 6.45) is 1.19. The van der Waals surface area contributed by atoms with E-state index in [9.17, 15) is 14.4 Å². The van der Waals surface area contributed by atoms with Gasteiger partial charge in [0.2, 0.25) is 0 Å². The third-order valence-electron chi connectivity index (χ3n) is 12.1. The third-order valence-corrected chi connectivity index (χ3v) is 17.1. The van der Waals surface area contributed by atoms with Gasteiger partial charge >= 0.3 is 0 Å². The molecular formula is C57H84N6O3S4. The molecule has 0 heterocycles. The van der Waals surface area contributed by atoms with Gasteiger partial charge in [0, 0.05) is 119 Å². The van der Waals surface area contributed by atoms with Crippen molar-refractivity contribution in [3.05, 3.63) is 104 Å². The molecule has 12 N–H and O–H groups in total. The number of thioether (sulfide) groups is 4. The van der Waals surface area contributed by atoms with Crippen LogP contribution in [0.5, 0.6) is 0 Å². The smallest absolute Gasteiger partial charge is 0.141 e. The molecule has 4 aromatic rings. The van der Waals surface area contributed by atoms with Crippen molar-refractivity contribution in [3.8, 4) is 0 Å². The number of nitrogen functional groups attached to an aromatic ring is 2. The molecule has 0 spiro atoms. The fourth-order valence-corrected chi connectivity index (χ4v) is 11.9. The highest BCUT2D eigenvalue weighted by molar-refractivity contribution is 8.00. The second kappa shape index (κ2) is 25.6. The van der Waals surface area contributed by atoms with Gasteiger partial charge in [0.05, 0.1) is 0 Å². The summed E-state index contributed by atoms with van der Waals surface area (Å²) < 4.78 is 0. The van der Waals surface area contributed by atoms with Crippen LogP contribution < -0.4 is 34.4 Å². The lowest BCUT2D eigenvalue weighted by Gasteiger charge is -2.25. The molecule has 0 aliphatic heterocycles. The molecule has 0 amide bonds. The van der Waals surface area contributed by atoms with Crippen LogP contribution in [-0.4, -0.2) is 66.5 Å². The lowest BCUT2D eigenvalue weighted by Crippen LogP contribution is -2.19. The number of Topliss-reactive ketones (excluding diaryl/α,β-unsaturated/α-hetero) is 3. The van der Waals surface area contributed by atoms with Crippen LogP contribution in [0.25, 0.3) is 0 Å². The Morgan fingerprint density at radius 1 is 0.343 bits per heavy atom. The maximum Gasteiger partial charge on any atom is 0.141 e. The predicted molar refractivity (Wildman–Crippen MR) is 306 cm³/mol. The van der Waals surface area contributed by atoms with E-state index in [2.05, 4.69) is 119 Å². The van der Waals surface area contributed by atoms with Gasteiger partial charge in [-0.1, -0.05) is 119 Å². The van der Waals surface area contributed by atoms with E-state index in [0.29, 0.717) is 60.6 Å². The van der Waals surface area contributed by atoms with Crippen molar-refractivity contribution in [2.45, 2.75) is 163 Å². The molecule has 70 heavy (non-hydrogen) atoms. The van der Waals surface area contributed by atoms with E-state index in [4.69, 9.17) is 34.4 Å². The standard InChI is InChI=1S/C57H84N6O3S4/c1-54(2,3)41-21-35(50(67-17-13-58)37(23-41)29-46(65)31-39-25-43(56(7,8)9)33-48(62)52(39)69-19-15-60)27-45(64)28-36-22-42(55(4,5)6)24-38(51(36)68-18-14-59)30-47(66)32-40-26-44(57(10,11)12)34-49(63)53(40)70-20-16-61/h21-26,33-34H,13-20,27-32,58-63H2,1-12H3. The normalized spacial score (nSPS) is 12.5. The maximum absolute atomic E-state index is 14.8. The number of carbonyl (C=O) groups is 3. The predicted octanol–water partition coefficient (Wildman–Crippen LogP) is 10.3. The van der Waals surface area contributed by atoms with Gasteiger partial charge in [-0.3, -0.25) is 14.4 Å². The van der Waals surface area contributed by atoms with Gasteiger partial charge in [-0.15, -0.1) is 47.0 Å². The lowest BCUT2D eigenvalue weighted by molar-refractivity contribution is -0.118. The number of benzene rings is 4. The minimum atomic E-state index is -0.258. The molecule has 0 saturated carbocycles. The summed E-state index contributed by atoms with van der Waals surface area (Å²) in [4.78, 5) is 47.3. The zero-order valence-corrected chi connectivity index (χ0v) is 47.6. The first-order chi connectivity index (χ1) is 32.6. The average Bonchev–Trinajstić information content (AvgIpc) is 3.23. The fraction of sp³-hybridized carbons (Fsp3) is 0.526. The topological polar surface area (TPSA) is 207 Å². The van der Waals surface area contributed by atoms with Gasteiger partial charge in [0.25, 0.3) is 0 Å². The highest BCUT2D eigenvalue weighted by Crippen LogP contribution is 2.40. The highest BCUT2D eigenvalue weighted by Gasteiger charge is 2.27.